The Morgan fingerprint density at radius 3 is 2.71 bits per heavy atom. The zero-order chi connectivity index (χ0) is 16.7. The van der Waals surface area contributed by atoms with E-state index in [0.717, 1.165) is 11.3 Å². The Labute approximate surface area is 144 Å². The van der Waals surface area contributed by atoms with Crippen molar-refractivity contribution in [1.82, 2.24) is 4.90 Å². The lowest BCUT2D eigenvalue weighted by molar-refractivity contribution is -0.119. The minimum Gasteiger partial charge on any atom is -0.497 e. The predicted octanol–water partition coefficient (Wildman–Crippen LogP) is 2.90. The number of thioether (sulfide) groups is 1. The number of carbonyl (C=O) groups excluding carboxylic acids is 2. The number of carbonyl (C=O) groups is 2. The Balaban J connectivity index is 1.53. The van der Waals surface area contributed by atoms with E-state index in [9.17, 15) is 9.59 Å². The third-order valence-electron chi connectivity index (χ3n) is 4.35. The normalized spacial score (nSPS) is 21.4. The van der Waals surface area contributed by atoms with Crippen LogP contribution in [0, 0.1) is 0 Å². The number of amides is 2. The van der Waals surface area contributed by atoms with Crippen molar-refractivity contribution in [3.63, 3.8) is 0 Å². The molecule has 0 saturated carbocycles. The fourth-order valence-electron chi connectivity index (χ4n) is 3.14. The van der Waals surface area contributed by atoms with Gasteiger partial charge in [0, 0.05) is 17.0 Å². The molecule has 0 bridgehead atoms. The summed E-state index contributed by atoms with van der Waals surface area (Å²) in [5, 5.41) is 2.84. The Bertz CT molecular complexity index is 806. The first-order chi connectivity index (χ1) is 11.7. The van der Waals surface area contributed by atoms with Gasteiger partial charge in [-0.25, -0.2) is 0 Å². The van der Waals surface area contributed by atoms with Gasteiger partial charge in [0.2, 0.25) is 5.91 Å². The van der Waals surface area contributed by atoms with Crippen molar-refractivity contribution < 1.29 is 14.3 Å². The van der Waals surface area contributed by atoms with E-state index in [1.807, 2.05) is 24.3 Å². The molecule has 2 aliphatic rings. The van der Waals surface area contributed by atoms with Crippen molar-refractivity contribution in [3.05, 3.63) is 59.7 Å². The summed E-state index contributed by atoms with van der Waals surface area (Å²) < 4.78 is 5.11. The van der Waals surface area contributed by atoms with Crippen molar-refractivity contribution in [3.8, 4) is 5.75 Å². The lowest BCUT2D eigenvalue weighted by Gasteiger charge is -2.22. The SMILES string of the molecule is COc1ccc(NC(=O)[C@H]2CS[C@H]3c4ccccc4C(=O)N23)cc1. The molecule has 24 heavy (non-hydrogen) atoms. The van der Waals surface area contributed by atoms with Crippen LogP contribution in [-0.2, 0) is 4.79 Å². The molecule has 5 nitrogen and oxygen atoms in total. The van der Waals surface area contributed by atoms with Crippen molar-refractivity contribution >= 4 is 29.3 Å². The highest BCUT2D eigenvalue weighted by atomic mass is 32.2. The van der Waals surface area contributed by atoms with Gasteiger partial charge in [0.05, 0.1) is 7.11 Å². The topological polar surface area (TPSA) is 58.6 Å². The maximum absolute atomic E-state index is 12.7. The Morgan fingerprint density at radius 2 is 1.96 bits per heavy atom. The zero-order valence-electron chi connectivity index (χ0n) is 13.1. The highest BCUT2D eigenvalue weighted by molar-refractivity contribution is 7.99. The molecule has 4 rings (SSSR count). The minimum absolute atomic E-state index is 0.0553. The molecule has 2 aromatic carbocycles. The van der Waals surface area contributed by atoms with E-state index in [2.05, 4.69) is 5.32 Å². The molecule has 0 aromatic heterocycles. The molecule has 2 aliphatic heterocycles. The van der Waals surface area contributed by atoms with Crippen LogP contribution in [0.25, 0.3) is 0 Å². The van der Waals surface area contributed by atoms with Crippen LogP contribution in [0.5, 0.6) is 5.75 Å². The third-order valence-corrected chi connectivity index (χ3v) is 5.66. The quantitative estimate of drug-likeness (QED) is 0.933. The summed E-state index contributed by atoms with van der Waals surface area (Å²) in [5.74, 6) is 1.12. The van der Waals surface area contributed by atoms with Gasteiger partial charge in [0.1, 0.15) is 17.2 Å². The summed E-state index contributed by atoms with van der Waals surface area (Å²) in [6, 6.07) is 14.3. The number of benzene rings is 2. The lowest BCUT2D eigenvalue weighted by atomic mass is 10.1. The second-order valence-electron chi connectivity index (χ2n) is 5.72. The second kappa shape index (κ2) is 5.87. The molecule has 122 valence electrons. The van der Waals surface area contributed by atoms with Gasteiger partial charge in [-0.05, 0) is 35.9 Å². The van der Waals surface area contributed by atoms with Gasteiger partial charge in [0.15, 0.2) is 0 Å². The van der Waals surface area contributed by atoms with Gasteiger partial charge in [0.25, 0.3) is 5.91 Å². The maximum atomic E-state index is 12.7. The monoisotopic (exact) mass is 340 g/mol. The number of methoxy groups -OCH3 is 1. The molecule has 2 atom stereocenters. The molecule has 0 radical (unpaired) electrons. The molecule has 6 heteroatoms. The van der Waals surface area contributed by atoms with Crippen LogP contribution in [0.1, 0.15) is 21.3 Å². The van der Waals surface area contributed by atoms with E-state index >= 15 is 0 Å². The summed E-state index contributed by atoms with van der Waals surface area (Å²) in [6.45, 7) is 0. The van der Waals surface area contributed by atoms with Gasteiger partial charge >= 0.3 is 0 Å². The van der Waals surface area contributed by atoms with E-state index in [-0.39, 0.29) is 17.2 Å². The van der Waals surface area contributed by atoms with Gasteiger partial charge in [-0.1, -0.05) is 18.2 Å². The van der Waals surface area contributed by atoms with Crippen LogP contribution >= 0.6 is 11.8 Å². The number of anilines is 1. The number of fused-ring (bicyclic) bond motifs is 3. The molecular weight excluding hydrogens is 324 g/mol. The fourth-order valence-corrected chi connectivity index (χ4v) is 4.61. The van der Waals surface area contributed by atoms with Crippen LogP contribution in [0.2, 0.25) is 0 Å². The number of nitrogens with one attached hydrogen (secondary N) is 1. The highest BCUT2D eigenvalue weighted by Gasteiger charge is 2.48. The Morgan fingerprint density at radius 1 is 1.21 bits per heavy atom. The van der Waals surface area contributed by atoms with Gasteiger partial charge in [-0.3, -0.25) is 9.59 Å². The van der Waals surface area contributed by atoms with Crippen molar-refractivity contribution in [1.29, 1.82) is 0 Å². The molecule has 2 heterocycles. The number of nitrogens with zero attached hydrogens (tertiary/aromatic N) is 1. The molecule has 0 unspecified atom stereocenters. The third kappa shape index (κ3) is 2.34. The summed E-state index contributed by atoms with van der Waals surface area (Å²) in [4.78, 5) is 27.0. The van der Waals surface area contributed by atoms with Gasteiger partial charge in [-0.2, -0.15) is 0 Å². The first kappa shape index (κ1) is 15.1. The van der Waals surface area contributed by atoms with Crippen LogP contribution in [0.4, 0.5) is 5.69 Å². The van der Waals surface area contributed by atoms with E-state index in [1.54, 1.807) is 48.0 Å². The predicted molar refractivity (Wildman–Crippen MR) is 93.2 cm³/mol. The summed E-state index contributed by atoms with van der Waals surface area (Å²) >= 11 is 1.64. The molecule has 1 N–H and O–H groups in total. The highest BCUT2D eigenvalue weighted by Crippen LogP contribution is 2.48. The first-order valence-corrected chi connectivity index (χ1v) is 8.72. The van der Waals surface area contributed by atoms with Crippen LogP contribution in [-0.4, -0.2) is 35.6 Å². The van der Waals surface area contributed by atoms with Gasteiger partial charge < -0.3 is 15.0 Å². The average Bonchev–Trinajstić information content (AvgIpc) is 3.17. The number of hydrogen-bond donors (Lipinski definition) is 1. The summed E-state index contributed by atoms with van der Waals surface area (Å²) in [5.41, 5.74) is 2.41. The Kier molecular flexibility index (Phi) is 3.69. The smallest absolute Gasteiger partial charge is 0.256 e. The van der Waals surface area contributed by atoms with E-state index in [4.69, 9.17) is 4.74 Å². The zero-order valence-corrected chi connectivity index (χ0v) is 13.9. The molecule has 1 fully saturated rings. The van der Waals surface area contributed by atoms with Crippen molar-refractivity contribution in [2.45, 2.75) is 11.4 Å². The van der Waals surface area contributed by atoms with E-state index in [0.29, 0.717) is 17.0 Å². The van der Waals surface area contributed by atoms with E-state index < -0.39 is 6.04 Å². The first-order valence-electron chi connectivity index (χ1n) is 7.67. The molecule has 2 amide bonds. The number of hydrogen-bond acceptors (Lipinski definition) is 4. The summed E-state index contributed by atoms with van der Waals surface area (Å²) in [7, 11) is 1.60. The lowest BCUT2D eigenvalue weighted by Crippen LogP contribution is -2.42. The second-order valence-corrected chi connectivity index (χ2v) is 6.83. The van der Waals surface area contributed by atoms with Crippen molar-refractivity contribution in [2.24, 2.45) is 0 Å². The molecule has 0 aliphatic carbocycles. The largest absolute Gasteiger partial charge is 0.497 e. The standard InChI is InChI=1S/C18H16N2O3S/c1-23-12-8-6-11(7-9-12)19-16(21)15-10-24-18-14-5-3-2-4-13(14)17(22)20(15)18/h2-9,15,18H,10H2,1H3,(H,19,21)/t15-,18+/m1/s1. The molecular formula is C18H16N2O3S. The molecule has 1 saturated heterocycles. The maximum Gasteiger partial charge on any atom is 0.256 e. The van der Waals surface area contributed by atoms with Gasteiger partial charge in [-0.15, -0.1) is 11.8 Å². The van der Waals surface area contributed by atoms with Crippen LogP contribution in [0.15, 0.2) is 48.5 Å². The van der Waals surface area contributed by atoms with Crippen molar-refractivity contribution in [2.75, 3.05) is 18.2 Å². The van der Waals surface area contributed by atoms with Crippen LogP contribution in [0.3, 0.4) is 0 Å². The Hall–Kier alpha value is -2.47. The average molecular weight is 340 g/mol. The molecule has 2 aromatic rings. The van der Waals surface area contributed by atoms with Crippen LogP contribution < -0.4 is 10.1 Å². The number of rotatable bonds is 3. The number of ether oxygens (including phenoxy) is 1. The minimum atomic E-state index is -0.456. The molecule has 0 spiro atoms. The fraction of sp³-hybridized carbons (Fsp3) is 0.222. The van der Waals surface area contributed by atoms with E-state index in [1.165, 1.54) is 0 Å². The summed E-state index contributed by atoms with van der Waals surface area (Å²) in [6.07, 6.45) is 0.